The van der Waals surface area contributed by atoms with Crippen molar-refractivity contribution < 1.29 is 0 Å². The third kappa shape index (κ3) is 3.02. The summed E-state index contributed by atoms with van der Waals surface area (Å²) in [5.41, 5.74) is 5.95. The quantitative estimate of drug-likeness (QED) is 0.914. The molecule has 0 amide bonds. The Labute approximate surface area is 113 Å². The Hall–Kier alpha value is -0.0900. The molecule has 4 heteroatoms. The summed E-state index contributed by atoms with van der Waals surface area (Å²) in [4.78, 5) is 3.83. The number of rotatable bonds is 3. The van der Waals surface area contributed by atoms with E-state index < -0.39 is 0 Å². The van der Waals surface area contributed by atoms with E-state index in [4.69, 9.17) is 17.3 Å². The van der Waals surface area contributed by atoms with Crippen LogP contribution < -0.4 is 5.73 Å². The van der Waals surface area contributed by atoms with Gasteiger partial charge in [-0.3, -0.25) is 4.90 Å². The van der Waals surface area contributed by atoms with Crippen molar-refractivity contribution in [3.05, 3.63) is 21.3 Å². The molecule has 2 N–H and O–H groups in total. The molecular formula is C13H21ClN2S. The van der Waals surface area contributed by atoms with E-state index in [1.54, 1.807) is 11.3 Å². The van der Waals surface area contributed by atoms with Crippen molar-refractivity contribution in [3.63, 3.8) is 0 Å². The molecule has 2 nitrogen and oxygen atoms in total. The van der Waals surface area contributed by atoms with Gasteiger partial charge in [0.15, 0.2) is 0 Å². The van der Waals surface area contributed by atoms with Gasteiger partial charge >= 0.3 is 0 Å². The fourth-order valence-corrected chi connectivity index (χ4v) is 3.74. The summed E-state index contributed by atoms with van der Waals surface area (Å²) < 4.78 is 0.858. The largest absolute Gasteiger partial charge is 0.329 e. The highest BCUT2D eigenvalue weighted by molar-refractivity contribution is 7.16. The zero-order valence-electron chi connectivity index (χ0n) is 10.5. The van der Waals surface area contributed by atoms with Crippen molar-refractivity contribution in [2.45, 2.75) is 26.3 Å². The highest BCUT2D eigenvalue weighted by Gasteiger charge is 2.28. The van der Waals surface area contributed by atoms with E-state index in [-0.39, 0.29) is 0 Å². The molecule has 0 aromatic carbocycles. The summed E-state index contributed by atoms with van der Waals surface area (Å²) in [5.74, 6) is 1.59. The van der Waals surface area contributed by atoms with Crippen LogP contribution in [0, 0.1) is 11.8 Å². The van der Waals surface area contributed by atoms with Crippen LogP contribution in [0.4, 0.5) is 0 Å². The fraction of sp³-hybridized carbons (Fsp3) is 0.692. The minimum atomic E-state index is 0.349. The second-order valence-corrected chi connectivity index (χ2v) is 6.88. The predicted octanol–water partition coefficient (Wildman–Crippen LogP) is 3.38. The molecule has 17 heavy (non-hydrogen) atoms. The molecule has 1 aliphatic rings. The second-order valence-electron chi connectivity index (χ2n) is 5.13. The van der Waals surface area contributed by atoms with Gasteiger partial charge in [0.25, 0.3) is 0 Å². The zero-order chi connectivity index (χ0) is 12.4. The van der Waals surface area contributed by atoms with Crippen molar-refractivity contribution in [1.29, 1.82) is 0 Å². The van der Waals surface area contributed by atoms with Crippen LogP contribution in [0.3, 0.4) is 0 Å². The highest BCUT2D eigenvalue weighted by Crippen LogP contribution is 2.33. The van der Waals surface area contributed by atoms with Crippen LogP contribution in [0.25, 0.3) is 0 Å². The lowest BCUT2D eigenvalue weighted by Gasteiger charge is -2.39. The molecule has 0 aliphatic carbocycles. The molecule has 0 spiro atoms. The molecule has 2 rings (SSSR count). The van der Waals surface area contributed by atoms with E-state index in [2.05, 4.69) is 24.8 Å². The molecular weight excluding hydrogens is 252 g/mol. The fourth-order valence-electron chi connectivity index (χ4n) is 2.53. The SMILES string of the molecule is CC1CCN(C(CN)c2ccc(Cl)s2)CC1C. The second kappa shape index (κ2) is 5.70. The molecule has 2 heterocycles. The molecule has 96 valence electrons. The molecule has 0 radical (unpaired) electrons. The first-order valence-electron chi connectivity index (χ1n) is 6.31. The lowest BCUT2D eigenvalue weighted by Crippen LogP contribution is -2.42. The summed E-state index contributed by atoms with van der Waals surface area (Å²) in [6, 6.07) is 4.44. The van der Waals surface area contributed by atoms with Crippen LogP contribution in [0.2, 0.25) is 4.34 Å². The normalized spacial score (nSPS) is 28.2. The smallest absolute Gasteiger partial charge is 0.0931 e. The van der Waals surface area contributed by atoms with Crippen LogP contribution in [0.1, 0.15) is 31.2 Å². The van der Waals surface area contributed by atoms with Crippen molar-refractivity contribution in [2.75, 3.05) is 19.6 Å². The van der Waals surface area contributed by atoms with Crippen LogP contribution in [-0.4, -0.2) is 24.5 Å². The van der Waals surface area contributed by atoms with E-state index in [0.29, 0.717) is 12.6 Å². The standard InChI is InChI=1S/C13H21ClN2S/c1-9-5-6-16(8-10(9)2)11(7-15)12-3-4-13(14)17-12/h3-4,9-11H,5-8,15H2,1-2H3. The third-order valence-electron chi connectivity index (χ3n) is 3.95. The molecule has 3 unspecified atom stereocenters. The number of hydrogen-bond acceptors (Lipinski definition) is 3. The topological polar surface area (TPSA) is 29.3 Å². The average molecular weight is 273 g/mol. The number of hydrogen-bond donors (Lipinski definition) is 1. The molecule has 1 aliphatic heterocycles. The van der Waals surface area contributed by atoms with Crippen LogP contribution >= 0.6 is 22.9 Å². The molecule has 0 saturated carbocycles. The van der Waals surface area contributed by atoms with Gasteiger partial charge < -0.3 is 5.73 Å². The number of thiophene rings is 1. The van der Waals surface area contributed by atoms with Gasteiger partial charge in [-0.1, -0.05) is 25.4 Å². The maximum absolute atomic E-state index is 6.01. The Kier molecular flexibility index (Phi) is 4.47. The molecule has 0 bridgehead atoms. The van der Waals surface area contributed by atoms with E-state index in [1.807, 2.05) is 6.07 Å². The Morgan fingerprint density at radius 3 is 2.76 bits per heavy atom. The zero-order valence-corrected chi connectivity index (χ0v) is 12.1. The Morgan fingerprint density at radius 2 is 2.24 bits per heavy atom. The van der Waals surface area contributed by atoms with E-state index >= 15 is 0 Å². The number of nitrogens with zero attached hydrogens (tertiary/aromatic N) is 1. The lowest BCUT2D eigenvalue weighted by molar-refractivity contribution is 0.0998. The molecule has 1 aromatic rings. The summed E-state index contributed by atoms with van der Waals surface area (Å²) in [6.45, 7) is 7.67. The number of likely N-dealkylation sites (tertiary alicyclic amines) is 1. The summed E-state index contributed by atoms with van der Waals surface area (Å²) in [7, 11) is 0. The van der Waals surface area contributed by atoms with Gasteiger partial charge in [-0.2, -0.15) is 0 Å². The molecule has 1 saturated heterocycles. The summed E-state index contributed by atoms with van der Waals surface area (Å²) >= 11 is 7.67. The van der Waals surface area contributed by atoms with Crippen molar-refractivity contribution in [1.82, 2.24) is 4.90 Å². The monoisotopic (exact) mass is 272 g/mol. The summed E-state index contributed by atoms with van der Waals surface area (Å²) in [6.07, 6.45) is 1.27. The van der Waals surface area contributed by atoms with Crippen LogP contribution in [0.5, 0.6) is 0 Å². The van der Waals surface area contributed by atoms with Crippen molar-refractivity contribution >= 4 is 22.9 Å². The third-order valence-corrected chi connectivity index (χ3v) is 5.28. The van der Waals surface area contributed by atoms with Gasteiger partial charge in [0.05, 0.1) is 10.4 Å². The Bertz CT molecular complexity index is 366. The predicted molar refractivity (Wildman–Crippen MR) is 75.6 cm³/mol. The maximum atomic E-state index is 6.01. The van der Waals surface area contributed by atoms with Gasteiger partial charge in [-0.25, -0.2) is 0 Å². The van der Waals surface area contributed by atoms with Gasteiger partial charge in [-0.15, -0.1) is 11.3 Å². The van der Waals surface area contributed by atoms with E-state index in [1.165, 1.54) is 11.3 Å². The maximum Gasteiger partial charge on any atom is 0.0931 e. The van der Waals surface area contributed by atoms with E-state index in [0.717, 1.165) is 29.3 Å². The van der Waals surface area contributed by atoms with Crippen molar-refractivity contribution in [3.8, 4) is 0 Å². The van der Waals surface area contributed by atoms with Gasteiger partial charge in [0, 0.05) is 18.0 Å². The first kappa shape index (κ1) is 13.3. The molecule has 1 fully saturated rings. The number of halogens is 1. The molecule has 1 aromatic heterocycles. The minimum absolute atomic E-state index is 0.349. The number of nitrogens with two attached hydrogens (primary N) is 1. The van der Waals surface area contributed by atoms with Crippen molar-refractivity contribution in [2.24, 2.45) is 17.6 Å². The Morgan fingerprint density at radius 1 is 1.47 bits per heavy atom. The lowest BCUT2D eigenvalue weighted by atomic mass is 9.88. The van der Waals surface area contributed by atoms with Gasteiger partial charge in [0.1, 0.15) is 0 Å². The first-order chi connectivity index (χ1) is 8.11. The van der Waals surface area contributed by atoms with Gasteiger partial charge in [-0.05, 0) is 36.9 Å². The first-order valence-corrected chi connectivity index (χ1v) is 7.50. The highest BCUT2D eigenvalue weighted by atomic mass is 35.5. The minimum Gasteiger partial charge on any atom is -0.329 e. The van der Waals surface area contributed by atoms with Crippen LogP contribution in [0.15, 0.2) is 12.1 Å². The van der Waals surface area contributed by atoms with E-state index in [9.17, 15) is 0 Å². The molecule has 3 atom stereocenters. The summed E-state index contributed by atoms with van der Waals surface area (Å²) in [5, 5.41) is 0. The number of piperidine rings is 1. The Balaban J connectivity index is 2.08. The average Bonchev–Trinajstić information content (AvgIpc) is 2.71. The van der Waals surface area contributed by atoms with Crippen LogP contribution in [-0.2, 0) is 0 Å². The van der Waals surface area contributed by atoms with Gasteiger partial charge in [0.2, 0.25) is 0 Å².